The maximum atomic E-state index is 13.8. The molecule has 0 atom stereocenters. The first-order chi connectivity index (χ1) is 26.9. The summed E-state index contributed by atoms with van der Waals surface area (Å²) in [6, 6.07) is 7.23. The summed E-state index contributed by atoms with van der Waals surface area (Å²) in [5, 5.41) is 22.4. The first-order valence-corrected chi connectivity index (χ1v) is 22.3. The van der Waals surface area contributed by atoms with Crippen LogP contribution >= 0.6 is 0 Å². The van der Waals surface area contributed by atoms with Gasteiger partial charge in [-0.15, -0.1) is 0 Å². The molecule has 2 aliphatic rings. The third-order valence-corrected chi connectivity index (χ3v) is 13.0. The third-order valence-electron chi connectivity index (χ3n) is 13.0. The van der Waals surface area contributed by atoms with Gasteiger partial charge in [0.1, 0.15) is 23.7 Å². The van der Waals surface area contributed by atoms with Crippen LogP contribution in [0.25, 0.3) is 0 Å². The average Bonchev–Trinajstić information content (AvgIpc) is 3.01. The number of hydrogen-bond donors (Lipinski definition) is 2. The summed E-state index contributed by atoms with van der Waals surface area (Å²) in [4.78, 5) is 32.7. The lowest BCUT2D eigenvalue weighted by molar-refractivity contribution is -0.0838. The lowest BCUT2D eigenvalue weighted by atomic mass is 9.77. The van der Waals surface area contributed by atoms with E-state index in [0.717, 1.165) is 35.3 Å². The second-order valence-corrected chi connectivity index (χ2v) is 24.7. The maximum absolute atomic E-state index is 13.8. The Morgan fingerprint density at radius 1 is 0.517 bits per heavy atom. The highest BCUT2D eigenvalue weighted by Crippen LogP contribution is 2.44. The van der Waals surface area contributed by atoms with Crippen molar-refractivity contribution in [2.45, 2.75) is 220 Å². The highest BCUT2D eigenvalue weighted by Gasteiger charge is 2.48. The maximum Gasteiger partial charge on any atom is 0.338 e. The molecule has 336 valence electrons. The van der Waals surface area contributed by atoms with E-state index in [2.05, 4.69) is 77.3 Å². The molecule has 2 saturated heterocycles. The quantitative estimate of drug-likeness (QED) is 0.200. The molecule has 4 rings (SSSR count). The summed E-state index contributed by atoms with van der Waals surface area (Å²) in [7, 11) is 0. The van der Waals surface area contributed by atoms with Crippen molar-refractivity contribution in [1.29, 1.82) is 0 Å². The minimum Gasteiger partial charge on any atom is -0.507 e. The van der Waals surface area contributed by atoms with Gasteiger partial charge in [0.2, 0.25) is 0 Å². The summed E-state index contributed by atoms with van der Waals surface area (Å²) < 4.78 is 12.6. The number of phenols is 2. The summed E-state index contributed by atoms with van der Waals surface area (Å²) in [5.41, 5.74) is 1.64. The van der Waals surface area contributed by atoms with Gasteiger partial charge >= 0.3 is 11.9 Å². The smallest absolute Gasteiger partial charge is 0.338 e. The standard InChI is InChI=1S/C52H82N2O6/c1-45(2,3)37-25-33(26-38(41(37)55)46(4,5)6)43(57)59-35-29-49(13,14)53(50(15,16)30-35)23-21-22-24-54-51(17,18)31-36(32-52(54,19)20)60-44(58)34-27-39(47(7,8)9)42(56)40(28-34)48(10,11)12/h21-22,25-28,35-36,55-56H,23-24,29-32H2,1-20H3. The van der Waals surface area contributed by atoms with Crippen molar-refractivity contribution in [1.82, 2.24) is 9.80 Å². The summed E-state index contributed by atoms with van der Waals surface area (Å²) >= 11 is 0. The topological polar surface area (TPSA) is 99.5 Å². The van der Waals surface area contributed by atoms with Gasteiger partial charge in [0.25, 0.3) is 0 Å². The molecule has 0 spiro atoms. The Morgan fingerprint density at radius 2 is 0.733 bits per heavy atom. The van der Waals surface area contributed by atoms with E-state index in [4.69, 9.17) is 9.47 Å². The summed E-state index contributed by atoms with van der Waals surface area (Å²) in [6.07, 6.45) is 6.87. The fraction of sp³-hybridized carbons (Fsp3) is 0.692. The second kappa shape index (κ2) is 16.4. The molecule has 0 amide bonds. The van der Waals surface area contributed by atoms with E-state index in [1.165, 1.54) is 0 Å². The number of rotatable bonds is 8. The van der Waals surface area contributed by atoms with E-state index >= 15 is 0 Å². The van der Waals surface area contributed by atoms with Crippen LogP contribution in [0.3, 0.4) is 0 Å². The number of likely N-dealkylation sites (tertiary alicyclic amines) is 2. The van der Waals surface area contributed by atoms with Crippen LogP contribution in [0.15, 0.2) is 36.4 Å². The lowest BCUT2D eigenvalue weighted by Gasteiger charge is -2.55. The van der Waals surface area contributed by atoms with Crippen LogP contribution in [-0.4, -0.2) is 79.4 Å². The number of nitrogens with zero attached hydrogens (tertiary/aromatic N) is 2. The van der Waals surface area contributed by atoms with Gasteiger partial charge in [0, 0.05) is 83.2 Å². The number of hydrogen-bond acceptors (Lipinski definition) is 8. The Morgan fingerprint density at radius 3 is 0.933 bits per heavy atom. The molecule has 0 saturated carbocycles. The molecule has 2 N–H and O–H groups in total. The number of aromatic hydroxyl groups is 2. The van der Waals surface area contributed by atoms with Crippen LogP contribution in [0.2, 0.25) is 0 Å². The van der Waals surface area contributed by atoms with Gasteiger partial charge in [-0.05, 0) is 101 Å². The van der Waals surface area contributed by atoms with Gasteiger partial charge in [-0.2, -0.15) is 0 Å². The highest BCUT2D eigenvalue weighted by atomic mass is 16.5. The van der Waals surface area contributed by atoms with Crippen LogP contribution in [-0.2, 0) is 31.1 Å². The SMILES string of the molecule is CC(C)(C)c1cc(C(=O)OC2CC(C)(C)N(CC=CCN3C(C)(C)CC(OC(=O)c4cc(C(C)(C)C)c(O)c(C(C)(C)C)c4)CC3(C)C)C(C)(C)C2)cc(C(C)(C)C)c1O. The van der Waals surface area contributed by atoms with E-state index < -0.39 is 0 Å². The fourth-order valence-corrected chi connectivity index (χ4v) is 10.2. The molecule has 8 nitrogen and oxygen atoms in total. The molecule has 0 radical (unpaired) electrons. The minimum absolute atomic E-state index is 0.237. The molecule has 0 aliphatic carbocycles. The fourth-order valence-electron chi connectivity index (χ4n) is 10.2. The Bertz CT molecular complexity index is 1690. The van der Waals surface area contributed by atoms with Gasteiger partial charge < -0.3 is 19.7 Å². The number of carbonyl (C=O) groups excluding carboxylic acids is 2. The van der Waals surface area contributed by atoms with Crippen LogP contribution in [0.4, 0.5) is 0 Å². The van der Waals surface area contributed by atoms with Gasteiger partial charge in [-0.1, -0.05) is 95.2 Å². The number of benzene rings is 2. The van der Waals surface area contributed by atoms with Crippen molar-refractivity contribution in [3.63, 3.8) is 0 Å². The zero-order chi connectivity index (χ0) is 46.0. The lowest BCUT2D eigenvalue weighted by Crippen LogP contribution is -2.62. The Hall–Kier alpha value is -3.36. The molecular weight excluding hydrogens is 749 g/mol. The van der Waals surface area contributed by atoms with Crippen LogP contribution in [0, 0.1) is 0 Å². The first kappa shape index (κ1) is 49.3. The third kappa shape index (κ3) is 11.0. The van der Waals surface area contributed by atoms with Crippen molar-refractivity contribution in [3.8, 4) is 11.5 Å². The summed E-state index contributed by atoms with van der Waals surface area (Å²) in [5.74, 6) is -0.179. The summed E-state index contributed by atoms with van der Waals surface area (Å²) in [6.45, 7) is 44.0. The number of phenolic OH excluding ortho intramolecular Hbond substituents is 2. The van der Waals surface area contributed by atoms with E-state index in [1.807, 2.05) is 107 Å². The number of esters is 2. The Labute approximate surface area is 364 Å². The molecule has 0 unspecified atom stereocenters. The zero-order valence-corrected chi connectivity index (χ0v) is 41.3. The first-order valence-electron chi connectivity index (χ1n) is 22.3. The van der Waals surface area contributed by atoms with E-state index in [9.17, 15) is 19.8 Å². The van der Waals surface area contributed by atoms with Gasteiger partial charge in [-0.3, -0.25) is 9.80 Å². The number of ether oxygens (including phenoxy) is 2. The Balaban J connectivity index is 1.44. The van der Waals surface area contributed by atoms with Crippen molar-refractivity contribution in [2.24, 2.45) is 0 Å². The van der Waals surface area contributed by atoms with Crippen molar-refractivity contribution in [2.75, 3.05) is 13.1 Å². The largest absolute Gasteiger partial charge is 0.507 e. The molecule has 2 aliphatic heterocycles. The molecule has 2 heterocycles. The monoisotopic (exact) mass is 831 g/mol. The van der Waals surface area contributed by atoms with Crippen LogP contribution < -0.4 is 0 Å². The molecule has 60 heavy (non-hydrogen) atoms. The molecule has 8 heteroatoms. The Kier molecular flexibility index (Phi) is 13.5. The van der Waals surface area contributed by atoms with E-state index in [0.29, 0.717) is 36.8 Å². The highest BCUT2D eigenvalue weighted by molar-refractivity contribution is 5.91. The average molecular weight is 831 g/mol. The minimum atomic E-state index is -0.344. The second-order valence-electron chi connectivity index (χ2n) is 24.7. The number of piperidine rings is 2. The van der Waals surface area contributed by atoms with Crippen molar-refractivity contribution >= 4 is 11.9 Å². The van der Waals surface area contributed by atoms with E-state index in [-0.39, 0.29) is 79.5 Å². The van der Waals surface area contributed by atoms with Gasteiger partial charge in [-0.25, -0.2) is 9.59 Å². The molecule has 2 aromatic carbocycles. The zero-order valence-electron chi connectivity index (χ0n) is 41.3. The normalized spacial score (nSPS) is 20.7. The molecule has 0 aromatic heterocycles. The van der Waals surface area contributed by atoms with Crippen molar-refractivity contribution < 1.29 is 29.3 Å². The van der Waals surface area contributed by atoms with Gasteiger partial charge in [0.05, 0.1) is 11.1 Å². The predicted molar refractivity (Wildman–Crippen MR) is 247 cm³/mol. The molecular formula is C52H82N2O6. The van der Waals surface area contributed by atoms with Crippen molar-refractivity contribution in [3.05, 3.63) is 69.8 Å². The molecule has 2 fully saturated rings. The molecule has 0 bridgehead atoms. The van der Waals surface area contributed by atoms with E-state index in [1.54, 1.807) is 0 Å². The predicted octanol–water partition coefficient (Wildman–Crippen LogP) is 11.9. The van der Waals surface area contributed by atoms with Crippen LogP contribution in [0.5, 0.6) is 11.5 Å². The molecule has 2 aromatic rings. The van der Waals surface area contributed by atoms with Crippen LogP contribution in [0.1, 0.15) is 207 Å². The van der Waals surface area contributed by atoms with Gasteiger partial charge in [0.15, 0.2) is 0 Å². The number of carbonyl (C=O) groups is 2.